The van der Waals surface area contributed by atoms with E-state index in [0.29, 0.717) is 18.8 Å². The van der Waals surface area contributed by atoms with E-state index in [4.69, 9.17) is 0 Å². The SMILES string of the molecule is Cc1nn(-c2ccccc2)cc1S(=O)(=O)N1CCN(Cc2ccccc2)CC1. The minimum absolute atomic E-state index is 0.285. The lowest BCUT2D eigenvalue weighted by Gasteiger charge is -2.33. The van der Waals surface area contributed by atoms with E-state index >= 15 is 0 Å². The van der Waals surface area contributed by atoms with Gasteiger partial charge in [-0.3, -0.25) is 4.90 Å². The van der Waals surface area contributed by atoms with E-state index in [1.807, 2.05) is 48.5 Å². The zero-order valence-corrected chi connectivity index (χ0v) is 16.7. The lowest BCUT2D eigenvalue weighted by Crippen LogP contribution is -2.48. The van der Waals surface area contributed by atoms with Crippen LogP contribution in [0, 0.1) is 6.92 Å². The van der Waals surface area contributed by atoms with Crippen LogP contribution in [0.25, 0.3) is 5.69 Å². The number of aromatic nitrogens is 2. The van der Waals surface area contributed by atoms with Gasteiger partial charge in [0.15, 0.2) is 0 Å². The Labute approximate surface area is 166 Å². The number of sulfonamides is 1. The van der Waals surface area contributed by atoms with Crippen molar-refractivity contribution in [3.8, 4) is 5.69 Å². The van der Waals surface area contributed by atoms with Gasteiger partial charge >= 0.3 is 0 Å². The summed E-state index contributed by atoms with van der Waals surface area (Å²) in [6.07, 6.45) is 1.62. The predicted molar refractivity (Wildman–Crippen MR) is 109 cm³/mol. The van der Waals surface area contributed by atoms with Gasteiger partial charge < -0.3 is 0 Å². The molecule has 7 heteroatoms. The molecule has 146 valence electrons. The lowest BCUT2D eigenvalue weighted by atomic mass is 10.2. The average molecular weight is 397 g/mol. The molecule has 0 amide bonds. The van der Waals surface area contributed by atoms with Gasteiger partial charge in [-0.1, -0.05) is 48.5 Å². The molecule has 0 saturated carbocycles. The van der Waals surface area contributed by atoms with Crippen LogP contribution >= 0.6 is 0 Å². The van der Waals surface area contributed by atoms with E-state index < -0.39 is 10.0 Å². The molecule has 2 aromatic carbocycles. The van der Waals surface area contributed by atoms with Crippen molar-refractivity contribution in [1.82, 2.24) is 19.0 Å². The molecule has 0 atom stereocenters. The number of nitrogens with zero attached hydrogens (tertiary/aromatic N) is 4. The van der Waals surface area contributed by atoms with Crippen molar-refractivity contribution < 1.29 is 8.42 Å². The molecule has 1 aliphatic heterocycles. The van der Waals surface area contributed by atoms with E-state index in [2.05, 4.69) is 22.1 Å². The second-order valence-electron chi connectivity index (χ2n) is 7.02. The van der Waals surface area contributed by atoms with Crippen molar-refractivity contribution in [3.63, 3.8) is 0 Å². The van der Waals surface area contributed by atoms with Crippen LogP contribution in [0.5, 0.6) is 0 Å². The van der Waals surface area contributed by atoms with Crippen molar-refractivity contribution in [2.24, 2.45) is 0 Å². The Bertz CT molecular complexity index is 1020. The van der Waals surface area contributed by atoms with Crippen molar-refractivity contribution in [2.45, 2.75) is 18.4 Å². The topological polar surface area (TPSA) is 58.4 Å². The normalized spacial score (nSPS) is 16.3. The molecular weight excluding hydrogens is 372 g/mol. The molecule has 0 unspecified atom stereocenters. The number of rotatable bonds is 5. The fourth-order valence-electron chi connectivity index (χ4n) is 3.52. The van der Waals surface area contributed by atoms with Crippen LogP contribution in [0.3, 0.4) is 0 Å². The first-order chi connectivity index (χ1) is 13.5. The molecule has 0 spiro atoms. The summed E-state index contributed by atoms with van der Waals surface area (Å²) < 4.78 is 29.6. The molecular formula is C21H24N4O2S. The van der Waals surface area contributed by atoms with E-state index in [9.17, 15) is 8.42 Å². The Morgan fingerprint density at radius 3 is 2.14 bits per heavy atom. The van der Waals surface area contributed by atoms with Gasteiger partial charge in [-0.2, -0.15) is 9.40 Å². The maximum atomic E-state index is 13.2. The average Bonchev–Trinajstić information content (AvgIpc) is 3.12. The minimum Gasteiger partial charge on any atom is -0.296 e. The van der Waals surface area contributed by atoms with Crippen LogP contribution in [0.4, 0.5) is 0 Å². The van der Waals surface area contributed by atoms with Crippen LogP contribution in [0.1, 0.15) is 11.3 Å². The Morgan fingerprint density at radius 1 is 0.893 bits per heavy atom. The molecule has 6 nitrogen and oxygen atoms in total. The summed E-state index contributed by atoms with van der Waals surface area (Å²) in [7, 11) is -3.55. The fraction of sp³-hybridized carbons (Fsp3) is 0.286. The van der Waals surface area contributed by atoms with Crippen molar-refractivity contribution in [1.29, 1.82) is 0 Å². The van der Waals surface area contributed by atoms with Gasteiger partial charge in [-0.25, -0.2) is 13.1 Å². The van der Waals surface area contributed by atoms with Gasteiger partial charge in [0.25, 0.3) is 0 Å². The number of para-hydroxylation sites is 1. The molecule has 2 heterocycles. The second kappa shape index (κ2) is 7.87. The van der Waals surface area contributed by atoms with E-state index in [1.165, 1.54) is 5.56 Å². The maximum Gasteiger partial charge on any atom is 0.246 e. The zero-order chi connectivity index (χ0) is 19.6. The monoisotopic (exact) mass is 396 g/mol. The van der Waals surface area contributed by atoms with Gasteiger partial charge in [-0.15, -0.1) is 0 Å². The molecule has 1 saturated heterocycles. The molecule has 0 N–H and O–H groups in total. The maximum absolute atomic E-state index is 13.2. The van der Waals surface area contributed by atoms with Gasteiger partial charge in [0, 0.05) is 32.7 Å². The summed E-state index contributed by atoms with van der Waals surface area (Å²) in [4.78, 5) is 2.58. The van der Waals surface area contributed by atoms with Crippen LogP contribution in [0.2, 0.25) is 0 Å². The van der Waals surface area contributed by atoms with Gasteiger partial charge in [-0.05, 0) is 24.6 Å². The summed E-state index contributed by atoms with van der Waals surface area (Å²) in [5.74, 6) is 0. The number of hydrogen-bond acceptors (Lipinski definition) is 4. The first-order valence-corrected chi connectivity index (χ1v) is 10.9. The van der Waals surface area contributed by atoms with Crippen LogP contribution in [-0.4, -0.2) is 53.6 Å². The van der Waals surface area contributed by atoms with E-state index in [0.717, 1.165) is 25.3 Å². The first-order valence-electron chi connectivity index (χ1n) is 9.42. The standard InChI is InChI=1S/C21H24N4O2S/c1-18-21(17-25(22-18)20-10-6-3-7-11-20)28(26,27)24-14-12-23(13-15-24)16-19-8-4-2-5-9-19/h2-11,17H,12-16H2,1H3. The Hall–Kier alpha value is -2.48. The highest BCUT2D eigenvalue weighted by Crippen LogP contribution is 2.22. The quantitative estimate of drug-likeness (QED) is 0.665. The molecule has 4 rings (SSSR count). The second-order valence-corrected chi connectivity index (χ2v) is 8.93. The molecule has 1 fully saturated rings. The van der Waals surface area contributed by atoms with Crippen molar-refractivity contribution in [3.05, 3.63) is 78.1 Å². The third-order valence-corrected chi connectivity index (χ3v) is 7.07. The largest absolute Gasteiger partial charge is 0.296 e. The molecule has 1 aromatic heterocycles. The minimum atomic E-state index is -3.55. The summed E-state index contributed by atoms with van der Waals surface area (Å²) >= 11 is 0. The van der Waals surface area contributed by atoms with Gasteiger partial charge in [0.05, 0.1) is 17.6 Å². The number of hydrogen-bond donors (Lipinski definition) is 0. The fourth-order valence-corrected chi connectivity index (χ4v) is 5.09. The first kappa shape index (κ1) is 18.9. The Morgan fingerprint density at radius 2 is 1.50 bits per heavy atom. The highest BCUT2D eigenvalue weighted by molar-refractivity contribution is 7.89. The molecule has 3 aromatic rings. The molecule has 28 heavy (non-hydrogen) atoms. The van der Waals surface area contributed by atoms with Gasteiger partial charge in [0.2, 0.25) is 10.0 Å². The Kier molecular flexibility index (Phi) is 5.30. The summed E-state index contributed by atoms with van der Waals surface area (Å²) in [5, 5.41) is 4.41. The van der Waals surface area contributed by atoms with Crippen molar-refractivity contribution >= 4 is 10.0 Å². The van der Waals surface area contributed by atoms with Gasteiger partial charge in [0.1, 0.15) is 4.90 Å². The summed E-state index contributed by atoms with van der Waals surface area (Å²) in [5.41, 5.74) is 2.62. The number of piperazine rings is 1. The van der Waals surface area contributed by atoms with Crippen LogP contribution < -0.4 is 0 Å². The molecule has 0 radical (unpaired) electrons. The highest BCUT2D eigenvalue weighted by atomic mass is 32.2. The molecule has 0 bridgehead atoms. The highest BCUT2D eigenvalue weighted by Gasteiger charge is 2.31. The smallest absolute Gasteiger partial charge is 0.246 e. The lowest BCUT2D eigenvalue weighted by molar-refractivity contribution is 0.181. The summed E-state index contributed by atoms with van der Waals surface area (Å²) in [6, 6.07) is 19.8. The van der Waals surface area contributed by atoms with E-state index in [-0.39, 0.29) is 4.90 Å². The summed E-state index contributed by atoms with van der Waals surface area (Å²) in [6.45, 7) is 5.02. The third-order valence-electron chi connectivity index (χ3n) is 5.07. The molecule has 1 aliphatic rings. The Balaban J connectivity index is 1.47. The molecule has 0 aliphatic carbocycles. The van der Waals surface area contributed by atoms with E-state index in [1.54, 1.807) is 22.1 Å². The van der Waals surface area contributed by atoms with Crippen LogP contribution in [-0.2, 0) is 16.6 Å². The predicted octanol–water partition coefficient (Wildman–Crippen LogP) is 2.69. The van der Waals surface area contributed by atoms with Crippen LogP contribution in [0.15, 0.2) is 71.8 Å². The zero-order valence-electron chi connectivity index (χ0n) is 15.9. The number of aryl methyl sites for hydroxylation is 1. The number of benzene rings is 2. The van der Waals surface area contributed by atoms with Crippen molar-refractivity contribution in [2.75, 3.05) is 26.2 Å². The third kappa shape index (κ3) is 3.87.